The van der Waals surface area contributed by atoms with Crippen molar-refractivity contribution in [3.8, 4) is 0 Å². The lowest BCUT2D eigenvalue weighted by Crippen LogP contribution is -2.47. The van der Waals surface area contributed by atoms with Gasteiger partial charge in [0.15, 0.2) is 5.13 Å². The number of aromatic nitrogens is 1. The predicted molar refractivity (Wildman–Crippen MR) is 87.7 cm³/mol. The molecule has 5 nitrogen and oxygen atoms in total. The van der Waals surface area contributed by atoms with Gasteiger partial charge in [-0.25, -0.2) is 14.2 Å². The Balaban J connectivity index is 1.62. The number of halogens is 1. The number of piperazine rings is 1. The van der Waals surface area contributed by atoms with E-state index in [2.05, 4.69) is 21.7 Å². The molecule has 0 radical (unpaired) electrons. The number of rotatable bonds is 4. The third kappa shape index (κ3) is 3.51. The largest absolute Gasteiger partial charge is 0.477 e. The Labute approximate surface area is 138 Å². The SMILES string of the molecule is CC(c1cccc(F)c1)N1CCN(c2ncc(C(=O)O)s2)CC1. The molecular weight excluding hydrogens is 317 g/mol. The fraction of sp³-hybridized carbons (Fsp3) is 0.375. The van der Waals surface area contributed by atoms with Gasteiger partial charge in [-0.1, -0.05) is 23.5 Å². The second-order valence-electron chi connectivity index (χ2n) is 5.57. The Morgan fingerprint density at radius 2 is 2.09 bits per heavy atom. The number of thiazole rings is 1. The molecule has 0 amide bonds. The van der Waals surface area contributed by atoms with Gasteiger partial charge in [-0.3, -0.25) is 4.90 Å². The van der Waals surface area contributed by atoms with Gasteiger partial charge in [0.25, 0.3) is 0 Å². The molecule has 1 aromatic carbocycles. The number of anilines is 1. The summed E-state index contributed by atoms with van der Waals surface area (Å²) in [5, 5.41) is 9.72. The molecule has 2 heterocycles. The molecule has 1 unspecified atom stereocenters. The first-order valence-corrected chi connectivity index (χ1v) is 8.30. The molecule has 0 bridgehead atoms. The first-order chi connectivity index (χ1) is 11.0. The molecule has 1 aromatic heterocycles. The third-order valence-electron chi connectivity index (χ3n) is 4.17. The maximum absolute atomic E-state index is 13.4. The van der Waals surface area contributed by atoms with Crippen molar-refractivity contribution in [2.24, 2.45) is 0 Å². The molecule has 1 saturated heterocycles. The van der Waals surface area contributed by atoms with Crippen molar-refractivity contribution < 1.29 is 14.3 Å². The summed E-state index contributed by atoms with van der Waals surface area (Å²) in [6, 6.07) is 6.87. The van der Waals surface area contributed by atoms with Crippen LogP contribution in [0.1, 0.15) is 28.2 Å². The molecule has 1 aliphatic heterocycles. The van der Waals surface area contributed by atoms with Crippen LogP contribution in [0.25, 0.3) is 0 Å². The summed E-state index contributed by atoms with van der Waals surface area (Å²) < 4.78 is 13.4. The summed E-state index contributed by atoms with van der Waals surface area (Å²) >= 11 is 1.20. The number of hydrogen-bond donors (Lipinski definition) is 1. The molecule has 1 fully saturated rings. The number of carboxylic acid groups (broad SMARTS) is 1. The van der Waals surface area contributed by atoms with E-state index in [0.717, 1.165) is 36.9 Å². The lowest BCUT2D eigenvalue weighted by molar-refractivity contribution is 0.0702. The van der Waals surface area contributed by atoms with Gasteiger partial charge >= 0.3 is 5.97 Å². The third-order valence-corrected chi connectivity index (χ3v) is 5.21. The van der Waals surface area contributed by atoms with E-state index in [9.17, 15) is 9.18 Å². The number of hydrogen-bond acceptors (Lipinski definition) is 5. The van der Waals surface area contributed by atoms with Crippen molar-refractivity contribution in [3.63, 3.8) is 0 Å². The fourth-order valence-electron chi connectivity index (χ4n) is 2.79. The topological polar surface area (TPSA) is 56.7 Å². The Morgan fingerprint density at radius 1 is 1.35 bits per heavy atom. The quantitative estimate of drug-likeness (QED) is 0.931. The summed E-state index contributed by atoms with van der Waals surface area (Å²) in [4.78, 5) is 19.8. The molecule has 7 heteroatoms. The van der Waals surface area contributed by atoms with E-state index in [-0.39, 0.29) is 16.7 Å². The highest BCUT2D eigenvalue weighted by atomic mass is 32.1. The zero-order valence-electron chi connectivity index (χ0n) is 12.8. The van der Waals surface area contributed by atoms with Crippen LogP contribution >= 0.6 is 11.3 Å². The second kappa shape index (κ2) is 6.64. The molecule has 1 N–H and O–H groups in total. The van der Waals surface area contributed by atoms with Crippen LogP contribution in [0.3, 0.4) is 0 Å². The van der Waals surface area contributed by atoms with Crippen LogP contribution in [0.5, 0.6) is 0 Å². The second-order valence-corrected chi connectivity index (χ2v) is 6.58. The molecule has 0 aliphatic carbocycles. The molecule has 3 rings (SSSR count). The van der Waals surface area contributed by atoms with Crippen molar-refractivity contribution in [1.82, 2.24) is 9.88 Å². The Morgan fingerprint density at radius 3 is 2.70 bits per heavy atom. The van der Waals surface area contributed by atoms with Crippen LogP contribution in [0.2, 0.25) is 0 Å². The Bertz CT molecular complexity index is 698. The van der Waals surface area contributed by atoms with Crippen LogP contribution in [-0.2, 0) is 0 Å². The fourth-order valence-corrected chi connectivity index (χ4v) is 3.59. The van der Waals surface area contributed by atoms with Crippen molar-refractivity contribution in [2.75, 3.05) is 31.1 Å². The highest BCUT2D eigenvalue weighted by Crippen LogP contribution is 2.26. The van der Waals surface area contributed by atoms with E-state index >= 15 is 0 Å². The van der Waals surface area contributed by atoms with Gasteiger partial charge in [0.2, 0.25) is 0 Å². The van der Waals surface area contributed by atoms with Gasteiger partial charge in [0.1, 0.15) is 10.7 Å². The van der Waals surface area contributed by atoms with Crippen LogP contribution in [0.15, 0.2) is 30.5 Å². The van der Waals surface area contributed by atoms with E-state index < -0.39 is 5.97 Å². The number of benzene rings is 1. The molecule has 1 aliphatic rings. The van der Waals surface area contributed by atoms with Crippen molar-refractivity contribution in [1.29, 1.82) is 0 Å². The van der Waals surface area contributed by atoms with Gasteiger partial charge < -0.3 is 10.0 Å². The highest BCUT2D eigenvalue weighted by Gasteiger charge is 2.24. The van der Waals surface area contributed by atoms with E-state index in [1.54, 1.807) is 12.1 Å². The Hall–Kier alpha value is -1.99. The Kier molecular flexibility index (Phi) is 4.58. The predicted octanol–water partition coefficient (Wildman–Crippen LogP) is 2.86. The summed E-state index contributed by atoms with van der Waals surface area (Å²) in [5.74, 6) is -1.15. The minimum atomic E-state index is -0.938. The maximum atomic E-state index is 13.4. The smallest absolute Gasteiger partial charge is 0.347 e. The minimum absolute atomic E-state index is 0.152. The van der Waals surface area contributed by atoms with Gasteiger partial charge in [-0.2, -0.15) is 0 Å². The average molecular weight is 335 g/mol. The lowest BCUT2D eigenvalue weighted by atomic mass is 10.1. The normalized spacial score (nSPS) is 17.2. The summed E-state index contributed by atoms with van der Waals surface area (Å²) in [5.41, 5.74) is 0.973. The summed E-state index contributed by atoms with van der Waals surface area (Å²) in [6.45, 7) is 5.31. The minimum Gasteiger partial charge on any atom is -0.477 e. The van der Waals surface area contributed by atoms with Gasteiger partial charge in [-0.05, 0) is 24.6 Å². The first-order valence-electron chi connectivity index (χ1n) is 7.48. The maximum Gasteiger partial charge on any atom is 0.347 e. The van der Waals surface area contributed by atoms with Gasteiger partial charge in [0.05, 0.1) is 6.20 Å². The van der Waals surface area contributed by atoms with E-state index in [1.807, 2.05) is 6.07 Å². The van der Waals surface area contributed by atoms with Crippen molar-refractivity contribution >= 4 is 22.4 Å². The molecule has 1 atom stereocenters. The number of carboxylic acids is 1. The van der Waals surface area contributed by atoms with Crippen LogP contribution in [-0.4, -0.2) is 47.1 Å². The molecule has 23 heavy (non-hydrogen) atoms. The first kappa shape index (κ1) is 15.9. The van der Waals surface area contributed by atoms with Crippen LogP contribution in [0.4, 0.5) is 9.52 Å². The van der Waals surface area contributed by atoms with E-state index in [1.165, 1.54) is 23.6 Å². The molecule has 2 aromatic rings. The number of carbonyl (C=O) groups is 1. The van der Waals surface area contributed by atoms with Crippen molar-refractivity contribution in [3.05, 3.63) is 46.7 Å². The molecular formula is C16H18FN3O2S. The highest BCUT2D eigenvalue weighted by molar-refractivity contribution is 7.17. The van der Waals surface area contributed by atoms with Crippen molar-refractivity contribution in [2.45, 2.75) is 13.0 Å². The number of nitrogens with zero attached hydrogens (tertiary/aromatic N) is 3. The monoisotopic (exact) mass is 335 g/mol. The summed E-state index contributed by atoms with van der Waals surface area (Å²) in [7, 11) is 0. The standard InChI is InChI=1S/C16H18FN3O2S/c1-11(12-3-2-4-13(17)9-12)19-5-7-20(8-6-19)16-18-10-14(23-16)15(21)22/h2-4,9-11H,5-8H2,1H3,(H,21,22). The van der Waals surface area contributed by atoms with E-state index in [4.69, 9.17) is 5.11 Å². The number of aromatic carboxylic acids is 1. The zero-order valence-corrected chi connectivity index (χ0v) is 13.6. The molecule has 0 saturated carbocycles. The molecule has 122 valence electrons. The van der Waals surface area contributed by atoms with Crippen LogP contribution < -0.4 is 4.90 Å². The van der Waals surface area contributed by atoms with Gasteiger partial charge in [0, 0.05) is 32.2 Å². The molecule has 0 spiro atoms. The average Bonchev–Trinajstić information content (AvgIpc) is 3.04. The van der Waals surface area contributed by atoms with E-state index in [0.29, 0.717) is 0 Å². The lowest BCUT2D eigenvalue weighted by Gasteiger charge is -2.38. The zero-order chi connectivity index (χ0) is 16.4. The van der Waals surface area contributed by atoms with Crippen LogP contribution in [0, 0.1) is 5.82 Å². The summed E-state index contributed by atoms with van der Waals surface area (Å²) in [6.07, 6.45) is 1.41. The van der Waals surface area contributed by atoms with Gasteiger partial charge in [-0.15, -0.1) is 0 Å².